The molecule has 1 saturated heterocycles. The van der Waals surface area contributed by atoms with Crippen molar-refractivity contribution in [1.29, 1.82) is 0 Å². The van der Waals surface area contributed by atoms with Crippen molar-refractivity contribution in [3.63, 3.8) is 0 Å². The number of hydrogen-bond acceptors (Lipinski definition) is 6. The summed E-state index contributed by atoms with van der Waals surface area (Å²) >= 11 is 6.04. The zero-order valence-corrected chi connectivity index (χ0v) is 16.7. The molecule has 2 aromatic rings. The number of aromatic nitrogens is 1. The third-order valence-electron chi connectivity index (χ3n) is 4.90. The summed E-state index contributed by atoms with van der Waals surface area (Å²) in [6, 6.07) is 9.59. The maximum Gasteiger partial charge on any atom is 0.241 e. The summed E-state index contributed by atoms with van der Waals surface area (Å²) < 4.78 is 50.9. The van der Waals surface area contributed by atoms with Crippen LogP contribution in [0.3, 0.4) is 0 Å². The monoisotopic (exact) mass is 426 g/mol. The van der Waals surface area contributed by atoms with Crippen LogP contribution in [0.2, 0.25) is 5.02 Å². The lowest BCUT2D eigenvalue weighted by atomic mass is 10.2. The van der Waals surface area contributed by atoms with E-state index in [-0.39, 0.29) is 41.5 Å². The highest BCUT2D eigenvalue weighted by Crippen LogP contribution is 2.43. The van der Waals surface area contributed by atoms with Crippen molar-refractivity contribution < 1.29 is 22.3 Å². The number of anilines is 1. The molecule has 1 fully saturated rings. The van der Waals surface area contributed by atoms with Crippen molar-refractivity contribution in [3.05, 3.63) is 46.9 Å². The summed E-state index contributed by atoms with van der Waals surface area (Å²) in [5.74, 6) is -1.26. The van der Waals surface area contributed by atoms with Crippen molar-refractivity contribution in [2.45, 2.75) is 30.4 Å². The van der Waals surface area contributed by atoms with Gasteiger partial charge in [0.2, 0.25) is 11.8 Å². The summed E-state index contributed by atoms with van der Waals surface area (Å²) in [6.07, 6.45) is 1.66. The van der Waals surface area contributed by atoms with Crippen LogP contribution in [0, 0.1) is 5.95 Å². The van der Waals surface area contributed by atoms with Gasteiger partial charge in [0.25, 0.3) is 0 Å². The Hall–Kier alpha value is -1.90. The predicted octanol–water partition coefficient (Wildman–Crippen LogP) is 3.23. The van der Waals surface area contributed by atoms with Crippen molar-refractivity contribution >= 4 is 27.1 Å². The molecule has 2 aliphatic heterocycles. The minimum absolute atomic E-state index is 0.0633. The molecule has 1 atom stereocenters. The molecule has 0 N–H and O–H groups in total. The van der Waals surface area contributed by atoms with Gasteiger partial charge in [0, 0.05) is 19.7 Å². The minimum atomic E-state index is -3.75. The largest absolute Gasteiger partial charge is 0.473 e. The first-order valence-electron chi connectivity index (χ1n) is 9.11. The van der Waals surface area contributed by atoms with Gasteiger partial charge in [-0.05, 0) is 18.4 Å². The third kappa shape index (κ3) is 3.81. The summed E-state index contributed by atoms with van der Waals surface area (Å²) in [5, 5.41) is -0.489. The highest BCUT2D eigenvalue weighted by atomic mass is 35.5. The van der Waals surface area contributed by atoms with E-state index in [4.69, 9.17) is 21.1 Å². The Kier molecular flexibility index (Phi) is 5.44. The smallest absolute Gasteiger partial charge is 0.241 e. The quantitative estimate of drug-likeness (QED) is 0.684. The summed E-state index contributed by atoms with van der Waals surface area (Å²) in [7, 11) is -3.75. The summed E-state index contributed by atoms with van der Waals surface area (Å²) in [6.45, 7) is 1.51. The van der Waals surface area contributed by atoms with Gasteiger partial charge in [-0.25, -0.2) is 8.42 Å². The number of pyridine rings is 1. The fraction of sp³-hybridized carbons (Fsp3) is 0.421. The average molecular weight is 427 g/mol. The first kappa shape index (κ1) is 19.4. The molecular formula is C19H20ClFN2O4S. The van der Waals surface area contributed by atoms with Crippen molar-refractivity contribution in [3.8, 4) is 5.88 Å². The van der Waals surface area contributed by atoms with E-state index in [0.717, 1.165) is 18.4 Å². The van der Waals surface area contributed by atoms with Crippen LogP contribution in [0.4, 0.5) is 10.1 Å². The molecular weight excluding hydrogens is 407 g/mol. The Morgan fingerprint density at radius 3 is 2.82 bits per heavy atom. The Bertz CT molecular complexity index is 966. The van der Waals surface area contributed by atoms with E-state index in [1.54, 1.807) is 0 Å². The molecule has 9 heteroatoms. The van der Waals surface area contributed by atoms with Crippen LogP contribution >= 0.6 is 11.6 Å². The van der Waals surface area contributed by atoms with Crippen molar-refractivity contribution in [1.82, 2.24) is 4.98 Å². The highest BCUT2D eigenvalue weighted by Gasteiger charge is 2.37. The minimum Gasteiger partial charge on any atom is -0.473 e. The van der Waals surface area contributed by atoms with E-state index >= 15 is 0 Å². The third-order valence-corrected chi connectivity index (χ3v) is 7.10. The maximum atomic E-state index is 14.3. The van der Waals surface area contributed by atoms with Crippen LogP contribution in [0.25, 0.3) is 0 Å². The average Bonchev–Trinajstić information content (AvgIpc) is 3.19. The van der Waals surface area contributed by atoms with E-state index in [9.17, 15) is 12.8 Å². The highest BCUT2D eigenvalue weighted by molar-refractivity contribution is 7.91. The second-order valence-electron chi connectivity index (χ2n) is 6.87. The SMILES string of the molecule is O=S1(=O)CCN(Cc2ccccc2)c2c(OC[C@H]3CCCO3)nc(F)c(Cl)c21. The van der Waals surface area contributed by atoms with Gasteiger partial charge in [0.1, 0.15) is 22.2 Å². The molecule has 1 aromatic heterocycles. The van der Waals surface area contributed by atoms with E-state index < -0.39 is 20.8 Å². The first-order valence-corrected chi connectivity index (χ1v) is 11.1. The fourth-order valence-electron chi connectivity index (χ4n) is 3.50. The molecule has 4 rings (SSSR count). The number of halogens is 2. The van der Waals surface area contributed by atoms with E-state index in [0.29, 0.717) is 13.2 Å². The van der Waals surface area contributed by atoms with Gasteiger partial charge in [0.05, 0.1) is 11.9 Å². The zero-order valence-electron chi connectivity index (χ0n) is 15.1. The molecule has 0 radical (unpaired) electrons. The topological polar surface area (TPSA) is 68.7 Å². The van der Waals surface area contributed by atoms with Gasteiger partial charge in [-0.15, -0.1) is 0 Å². The van der Waals surface area contributed by atoms with Crippen LogP contribution in [0.5, 0.6) is 5.88 Å². The number of benzene rings is 1. The molecule has 0 saturated carbocycles. The zero-order chi connectivity index (χ0) is 19.7. The number of ether oxygens (including phenoxy) is 2. The Morgan fingerprint density at radius 1 is 1.32 bits per heavy atom. The number of hydrogen-bond donors (Lipinski definition) is 0. The molecule has 3 heterocycles. The normalized spacial score (nSPS) is 20.8. The Labute approximate surface area is 168 Å². The fourth-order valence-corrected chi connectivity index (χ4v) is 5.52. The number of fused-ring (bicyclic) bond motifs is 1. The predicted molar refractivity (Wildman–Crippen MR) is 103 cm³/mol. The standard InChI is InChI=1S/C19H20ClFN2O4S/c20-15-17-16(19(22-18(15)21)27-12-14-7-4-9-26-14)23(8-10-28(17,24)25)11-13-5-2-1-3-6-13/h1-3,5-6,14H,4,7-12H2/t14-/m1/s1. The van der Waals surface area contributed by atoms with E-state index in [1.807, 2.05) is 35.2 Å². The molecule has 0 amide bonds. The van der Waals surface area contributed by atoms with Gasteiger partial charge in [-0.2, -0.15) is 9.37 Å². The van der Waals surface area contributed by atoms with Crippen LogP contribution < -0.4 is 9.64 Å². The molecule has 1 aromatic carbocycles. The second-order valence-corrected chi connectivity index (χ2v) is 9.30. The molecule has 28 heavy (non-hydrogen) atoms. The summed E-state index contributed by atoms with van der Waals surface area (Å²) in [4.78, 5) is 5.41. The van der Waals surface area contributed by atoms with E-state index in [1.165, 1.54) is 0 Å². The van der Waals surface area contributed by atoms with Crippen LogP contribution in [-0.2, 0) is 21.1 Å². The molecule has 0 spiro atoms. The van der Waals surface area contributed by atoms with Gasteiger partial charge in [-0.1, -0.05) is 41.9 Å². The van der Waals surface area contributed by atoms with Crippen LogP contribution in [0.15, 0.2) is 35.2 Å². The van der Waals surface area contributed by atoms with Gasteiger partial charge in [-0.3, -0.25) is 0 Å². The first-order chi connectivity index (χ1) is 13.5. The van der Waals surface area contributed by atoms with Gasteiger partial charge in [0.15, 0.2) is 9.84 Å². The molecule has 2 aliphatic rings. The van der Waals surface area contributed by atoms with Crippen LogP contribution in [0.1, 0.15) is 18.4 Å². The molecule has 0 unspecified atom stereocenters. The van der Waals surface area contributed by atoms with Gasteiger partial charge < -0.3 is 14.4 Å². The number of sulfone groups is 1. The molecule has 150 valence electrons. The lowest BCUT2D eigenvalue weighted by Crippen LogP contribution is -2.36. The van der Waals surface area contributed by atoms with Gasteiger partial charge >= 0.3 is 0 Å². The lowest BCUT2D eigenvalue weighted by Gasteiger charge is -2.32. The van der Waals surface area contributed by atoms with Crippen LogP contribution in [-0.4, -0.2) is 45.0 Å². The molecule has 6 nitrogen and oxygen atoms in total. The van der Waals surface area contributed by atoms with E-state index in [2.05, 4.69) is 4.98 Å². The Balaban J connectivity index is 1.75. The Morgan fingerprint density at radius 2 is 2.11 bits per heavy atom. The maximum absolute atomic E-state index is 14.3. The van der Waals surface area contributed by atoms with Crippen molar-refractivity contribution in [2.24, 2.45) is 0 Å². The number of nitrogens with zero attached hydrogens (tertiary/aromatic N) is 2. The van der Waals surface area contributed by atoms with Crippen molar-refractivity contribution in [2.75, 3.05) is 30.4 Å². The molecule has 0 bridgehead atoms. The summed E-state index contributed by atoms with van der Waals surface area (Å²) in [5.41, 5.74) is 1.21. The lowest BCUT2D eigenvalue weighted by molar-refractivity contribution is 0.0661. The molecule has 0 aliphatic carbocycles. The second kappa shape index (κ2) is 7.85. The number of rotatable bonds is 5.